The van der Waals surface area contributed by atoms with Crippen LogP contribution in [0.1, 0.15) is 29.3 Å². The minimum Gasteiger partial charge on any atom is -0.491 e. The fraction of sp³-hybridized carbons (Fsp3) is 0.278. The highest BCUT2D eigenvalue weighted by molar-refractivity contribution is 5.88. The monoisotopic (exact) mass is 639 g/mol. The van der Waals surface area contributed by atoms with E-state index in [0.717, 1.165) is 36.5 Å². The van der Waals surface area contributed by atoms with Gasteiger partial charge in [-0.15, -0.1) is 0 Å². The fourth-order valence-electron chi connectivity index (χ4n) is 4.29. The van der Waals surface area contributed by atoms with Gasteiger partial charge in [0.1, 0.15) is 25.0 Å². The van der Waals surface area contributed by atoms with Crippen LogP contribution < -0.4 is 26.4 Å². The Hall–Kier alpha value is -5.44. The van der Waals surface area contributed by atoms with E-state index >= 15 is 0 Å². The number of pyridine rings is 1. The Morgan fingerprint density at radius 2 is 1.62 bits per heavy atom. The lowest BCUT2D eigenvalue weighted by Crippen LogP contribution is -2.41. The summed E-state index contributed by atoms with van der Waals surface area (Å²) < 4.78 is 16.6. The van der Waals surface area contributed by atoms with Gasteiger partial charge in [0.25, 0.3) is 11.5 Å². The summed E-state index contributed by atoms with van der Waals surface area (Å²) in [6.07, 6.45) is 1.04. The van der Waals surface area contributed by atoms with Crippen molar-refractivity contribution in [2.24, 2.45) is 0 Å². The molecule has 1 fully saturated rings. The van der Waals surface area contributed by atoms with Gasteiger partial charge in [-0.25, -0.2) is 9.47 Å². The molecule has 0 spiro atoms. The van der Waals surface area contributed by atoms with Crippen molar-refractivity contribution in [3.8, 4) is 11.8 Å². The molecule has 1 saturated heterocycles. The molecule has 47 heavy (non-hydrogen) atoms. The molecule has 3 aromatic carbocycles. The van der Waals surface area contributed by atoms with Crippen LogP contribution in [0.4, 0.5) is 4.79 Å². The van der Waals surface area contributed by atoms with Crippen molar-refractivity contribution in [3.63, 3.8) is 0 Å². The Balaban J connectivity index is 0.000000194. The summed E-state index contributed by atoms with van der Waals surface area (Å²) in [7, 11) is 1.20. The number of nitriles is 1. The third-order valence-electron chi connectivity index (χ3n) is 6.73. The number of carbonyl (C=O) groups is 2. The zero-order valence-corrected chi connectivity index (χ0v) is 26.7. The van der Waals surface area contributed by atoms with Gasteiger partial charge in [-0.2, -0.15) is 5.26 Å². The maximum absolute atomic E-state index is 11.6. The quantitative estimate of drug-likeness (QED) is 0.249. The molecule has 0 saturated carbocycles. The van der Waals surface area contributed by atoms with Crippen LogP contribution in [-0.4, -0.2) is 62.7 Å². The van der Waals surface area contributed by atoms with E-state index in [-0.39, 0.29) is 18.2 Å². The Labute approximate surface area is 275 Å². The first-order chi connectivity index (χ1) is 22.9. The summed E-state index contributed by atoms with van der Waals surface area (Å²) in [4.78, 5) is 33.9. The zero-order chi connectivity index (χ0) is 33.7. The Bertz CT molecular complexity index is 1560. The van der Waals surface area contributed by atoms with Crippen LogP contribution in [0.15, 0.2) is 108 Å². The molecule has 1 aliphatic rings. The molecule has 5 rings (SSSR count). The molecule has 0 bridgehead atoms. The number of aromatic nitrogens is 1. The third-order valence-corrected chi connectivity index (χ3v) is 6.73. The highest BCUT2D eigenvalue weighted by Gasteiger charge is 2.13. The summed E-state index contributed by atoms with van der Waals surface area (Å²) in [5, 5.41) is 14.1. The molecule has 1 aliphatic heterocycles. The highest BCUT2D eigenvalue weighted by Crippen LogP contribution is 2.12. The fourth-order valence-corrected chi connectivity index (χ4v) is 4.29. The molecule has 4 aromatic rings. The van der Waals surface area contributed by atoms with E-state index in [0.29, 0.717) is 24.3 Å². The number of rotatable bonds is 9. The van der Waals surface area contributed by atoms with Crippen molar-refractivity contribution in [3.05, 3.63) is 136 Å². The van der Waals surface area contributed by atoms with E-state index < -0.39 is 12.0 Å². The van der Waals surface area contributed by atoms with Gasteiger partial charge in [0.2, 0.25) is 0 Å². The average Bonchev–Trinajstić information content (AvgIpc) is 3.12. The van der Waals surface area contributed by atoms with Gasteiger partial charge in [-0.1, -0.05) is 73.7 Å². The second-order valence-corrected chi connectivity index (χ2v) is 10.2. The van der Waals surface area contributed by atoms with Gasteiger partial charge in [0.05, 0.1) is 25.3 Å². The number of alkyl carbamates (subject to hydrolysis) is 1. The molecule has 1 unspecified atom stereocenters. The van der Waals surface area contributed by atoms with E-state index in [1.165, 1.54) is 24.3 Å². The van der Waals surface area contributed by atoms with Gasteiger partial charge >= 0.3 is 6.09 Å². The van der Waals surface area contributed by atoms with Crippen LogP contribution in [0, 0.1) is 11.3 Å². The van der Waals surface area contributed by atoms with Crippen molar-refractivity contribution in [2.75, 3.05) is 45.4 Å². The van der Waals surface area contributed by atoms with Crippen LogP contribution in [0.3, 0.4) is 0 Å². The summed E-state index contributed by atoms with van der Waals surface area (Å²) in [5.41, 5.74) is 6.13. The number of nitrogens with zero attached hydrogens (tertiary/aromatic N) is 2. The normalized spacial score (nSPS) is 13.3. The third kappa shape index (κ3) is 13.6. The minimum absolute atomic E-state index is 0.115. The van der Waals surface area contributed by atoms with Crippen LogP contribution in [0.25, 0.3) is 0 Å². The number of amides is 2. The number of morpholine rings is 1. The number of nitrogens with one attached hydrogen (secondary N) is 3. The first-order valence-electron chi connectivity index (χ1n) is 15.3. The predicted molar refractivity (Wildman–Crippen MR) is 180 cm³/mol. The maximum atomic E-state index is 11.6. The zero-order valence-electron chi connectivity index (χ0n) is 26.7. The Kier molecular flexibility index (Phi) is 15.8. The molecule has 1 aromatic heterocycles. The molecular weight excluding hydrogens is 598 g/mol. The standard InChI is InChI=1S/C13H12.C12H14N2O2.C11H15N3O4/c1-3-7-12(8-4-1)11-13-9-5-2-6-10-13;13-7-10-1-3-11(4-2-10)16-9-12-8-14-5-6-15-12;1-3-8-5-4-6-10(16)14(8)13-9(15)7-12-11(17)18-2/h1-10H,11H2;1-4,12,14H,5-6,8-9H2;4-6H,3,7H2,1-2H3,(H,12,17)(H,13,15). The van der Waals surface area contributed by atoms with Crippen LogP contribution in [-0.2, 0) is 27.1 Å². The van der Waals surface area contributed by atoms with Gasteiger partial charge in [0, 0.05) is 24.8 Å². The molecule has 2 heterocycles. The molecule has 0 radical (unpaired) electrons. The molecule has 3 N–H and O–H groups in total. The van der Waals surface area contributed by atoms with Crippen molar-refractivity contribution in [1.29, 1.82) is 5.26 Å². The van der Waals surface area contributed by atoms with Crippen molar-refractivity contribution < 1.29 is 23.8 Å². The van der Waals surface area contributed by atoms with Gasteiger partial charge < -0.3 is 24.8 Å². The lowest BCUT2D eigenvalue weighted by molar-refractivity contribution is -0.116. The molecule has 0 aliphatic carbocycles. The lowest BCUT2D eigenvalue weighted by atomic mass is 10.1. The molecule has 246 valence electrons. The SMILES string of the molecule is CCc1cccc(=O)n1NC(=O)CNC(=O)OC.N#Cc1ccc(OCC2CNCCO2)cc1.c1ccc(Cc2ccccc2)cc1. The summed E-state index contributed by atoms with van der Waals surface area (Å²) in [6, 6.07) is 34.9. The van der Waals surface area contributed by atoms with Gasteiger partial charge in [-0.3, -0.25) is 15.0 Å². The molecule has 1 atom stereocenters. The van der Waals surface area contributed by atoms with Crippen molar-refractivity contribution in [1.82, 2.24) is 15.3 Å². The number of methoxy groups -OCH3 is 1. The number of aryl methyl sites for hydroxylation is 1. The minimum atomic E-state index is -0.707. The molecule has 2 amide bonds. The van der Waals surface area contributed by atoms with E-state index in [2.05, 4.69) is 87.5 Å². The van der Waals surface area contributed by atoms with Gasteiger partial charge in [-0.05, 0) is 54.3 Å². The highest BCUT2D eigenvalue weighted by atomic mass is 16.5. The first kappa shape index (κ1) is 36.0. The second kappa shape index (κ2) is 20.6. The smallest absolute Gasteiger partial charge is 0.407 e. The first-order valence-corrected chi connectivity index (χ1v) is 15.3. The number of benzene rings is 3. The van der Waals surface area contributed by atoms with E-state index in [1.807, 2.05) is 6.92 Å². The van der Waals surface area contributed by atoms with E-state index in [4.69, 9.17) is 14.7 Å². The second-order valence-electron chi connectivity index (χ2n) is 10.2. The Morgan fingerprint density at radius 3 is 2.17 bits per heavy atom. The summed E-state index contributed by atoms with van der Waals surface area (Å²) in [5.74, 6) is 0.261. The predicted octanol–water partition coefficient (Wildman–Crippen LogP) is 4.04. The van der Waals surface area contributed by atoms with Crippen molar-refractivity contribution >= 4 is 12.0 Å². The number of ether oxygens (including phenoxy) is 3. The number of carbonyl (C=O) groups excluding carboxylic acids is 2. The Morgan fingerprint density at radius 1 is 0.957 bits per heavy atom. The molecule has 11 nitrogen and oxygen atoms in total. The summed E-state index contributed by atoms with van der Waals surface area (Å²) >= 11 is 0. The molecular formula is C36H41N5O6. The van der Waals surface area contributed by atoms with Crippen LogP contribution in [0.5, 0.6) is 5.75 Å². The van der Waals surface area contributed by atoms with E-state index in [9.17, 15) is 14.4 Å². The largest absolute Gasteiger partial charge is 0.491 e. The summed E-state index contributed by atoms with van der Waals surface area (Å²) in [6.45, 7) is 4.62. The van der Waals surface area contributed by atoms with Crippen LogP contribution in [0.2, 0.25) is 0 Å². The molecule has 11 heteroatoms. The lowest BCUT2D eigenvalue weighted by Gasteiger charge is -2.23. The average molecular weight is 640 g/mol. The topological polar surface area (TPSA) is 144 Å². The van der Waals surface area contributed by atoms with Crippen molar-refractivity contribution in [2.45, 2.75) is 25.9 Å². The number of hydrogen-bond acceptors (Lipinski definition) is 8. The van der Waals surface area contributed by atoms with Gasteiger partial charge in [0.15, 0.2) is 0 Å². The maximum Gasteiger partial charge on any atom is 0.407 e. The van der Waals surface area contributed by atoms with E-state index in [1.54, 1.807) is 36.4 Å². The number of hydrogen-bond donors (Lipinski definition) is 3. The van der Waals surface area contributed by atoms with Crippen LogP contribution >= 0.6 is 0 Å².